The van der Waals surface area contributed by atoms with Gasteiger partial charge in [0.05, 0.1) is 16.6 Å². The molecule has 2 nitrogen and oxygen atoms in total. The minimum absolute atomic E-state index is 0.0131. The monoisotopic (exact) mass is 388 g/mol. The summed E-state index contributed by atoms with van der Waals surface area (Å²) < 4.78 is 4.88. The summed E-state index contributed by atoms with van der Waals surface area (Å²) in [5.41, 5.74) is 6.25. The molecule has 2 aromatic heterocycles. The Morgan fingerprint density at radius 1 is 0.500 bits per heavy atom. The molecule has 0 bridgehead atoms. The van der Waals surface area contributed by atoms with Gasteiger partial charge in [-0.05, 0) is 51.1 Å². The van der Waals surface area contributed by atoms with E-state index in [1.807, 2.05) is 0 Å². The van der Waals surface area contributed by atoms with Crippen LogP contribution < -0.4 is 0 Å². The van der Waals surface area contributed by atoms with Crippen molar-refractivity contribution in [2.45, 2.75) is 26.3 Å². The van der Waals surface area contributed by atoms with Gasteiger partial charge < -0.3 is 9.13 Å². The van der Waals surface area contributed by atoms with Crippen LogP contribution in [0.3, 0.4) is 0 Å². The zero-order valence-electron chi connectivity index (χ0n) is 17.6. The van der Waals surface area contributed by atoms with Crippen LogP contribution in [0.1, 0.15) is 20.8 Å². The predicted molar refractivity (Wildman–Crippen MR) is 129 cm³/mol. The fourth-order valence-electron chi connectivity index (χ4n) is 5.02. The molecule has 0 unspecified atom stereocenters. The van der Waals surface area contributed by atoms with E-state index in [9.17, 15) is 0 Å². The predicted octanol–water partition coefficient (Wildman–Crippen LogP) is 7.65. The summed E-state index contributed by atoms with van der Waals surface area (Å²) in [5.74, 6) is 0. The van der Waals surface area contributed by atoms with E-state index in [0.29, 0.717) is 0 Å². The number of nitrogens with zero attached hydrogens (tertiary/aromatic N) is 2. The Morgan fingerprint density at radius 3 is 1.53 bits per heavy atom. The minimum Gasteiger partial charge on any atom is -0.335 e. The quantitative estimate of drug-likeness (QED) is 0.274. The van der Waals surface area contributed by atoms with Crippen LogP contribution >= 0.6 is 0 Å². The Balaban J connectivity index is 1.76. The van der Waals surface area contributed by atoms with Crippen molar-refractivity contribution in [2.24, 2.45) is 0 Å². The summed E-state index contributed by atoms with van der Waals surface area (Å²) in [7, 11) is 0. The van der Waals surface area contributed by atoms with E-state index in [1.54, 1.807) is 0 Å². The number of fused-ring (bicyclic) bond motifs is 6. The maximum atomic E-state index is 2.48. The van der Waals surface area contributed by atoms with Crippen LogP contribution in [0.25, 0.3) is 49.3 Å². The van der Waals surface area contributed by atoms with Crippen molar-refractivity contribution < 1.29 is 0 Å². The van der Waals surface area contributed by atoms with Gasteiger partial charge in [0.25, 0.3) is 0 Å². The minimum atomic E-state index is -0.0131. The first kappa shape index (κ1) is 17.3. The maximum Gasteiger partial charge on any atom is 0.0541 e. The molecule has 6 aromatic rings. The molecule has 2 heteroatoms. The van der Waals surface area contributed by atoms with E-state index in [0.717, 1.165) is 0 Å². The Morgan fingerprint density at radius 2 is 0.967 bits per heavy atom. The van der Waals surface area contributed by atoms with Gasteiger partial charge in [0.1, 0.15) is 0 Å². The summed E-state index contributed by atoms with van der Waals surface area (Å²) in [4.78, 5) is 0. The van der Waals surface area contributed by atoms with Crippen LogP contribution in [0.4, 0.5) is 0 Å². The zero-order valence-corrected chi connectivity index (χ0v) is 17.6. The smallest absolute Gasteiger partial charge is 0.0541 e. The molecule has 0 saturated heterocycles. The van der Waals surface area contributed by atoms with Crippen molar-refractivity contribution in [3.8, 4) is 5.69 Å². The average molecular weight is 389 g/mol. The fourth-order valence-corrected chi connectivity index (χ4v) is 5.02. The summed E-state index contributed by atoms with van der Waals surface area (Å²) in [6.45, 7) is 6.85. The third kappa shape index (κ3) is 2.31. The van der Waals surface area contributed by atoms with Gasteiger partial charge in [0, 0.05) is 38.3 Å². The van der Waals surface area contributed by atoms with Crippen molar-refractivity contribution in [3.05, 3.63) is 91.0 Å². The second-order valence-electron chi connectivity index (χ2n) is 9.09. The Kier molecular flexibility index (Phi) is 3.47. The largest absolute Gasteiger partial charge is 0.335 e. The normalized spacial score (nSPS) is 12.5. The van der Waals surface area contributed by atoms with E-state index >= 15 is 0 Å². The molecule has 0 atom stereocenters. The molecular formula is C28H24N2. The molecular weight excluding hydrogens is 364 g/mol. The third-order valence-corrected chi connectivity index (χ3v) is 6.17. The van der Waals surface area contributed by atoms with Gasteiger partial charge in [0.15, 0.2) is 0 Å². The van der Waals surface area contributed by atoms with Crippen molar-refractivity contribution in [2.75, 3.05) is 0 Å². The molecule has 4 aromatic carbocycles. The topological polar surface area (TPSA) is 9.86 Å². The molecule has 0 saturated carbocycles. The SMILES string of the molecule is CC(C)(C)n1c2ccccc2c2ccc(-n3c4ccccc4c4ccccc43)cc21. The highest BCUT2D eigenvalue weighted by atomic mass is 15.1. The molecule has 146 valence electrons. The van der Waals surface area contributed by atoms with E-state index in [-0.39, 0.29) is 5.54 Å². The second-order valence-corrected chi connectivity index (χ2v) is 9.09. The number of hydrogen-bond donors (Lipinski definition) is 0. The molecule has 0 aliphatic carbocycles. The molecule has 2 heterocycles. The van der Waals surface area contributed by atoms with Gasteiger partial charge in [-0.2, -0.15) is 0 Å². The summed E-state index contributed by atoms with van der Waals surface area (Å²) in [5, 5.41) is 5.22. The highest BCUT2D eigenvalue weighted by Crippen LogP contribution is 2.37. The van der Waals surface area contributed by atoms with Crippen LogP contribution in [0.2, 0.25) is 0 Å². The molecule has 0 aliphatic rings. The zero-order chi connectivity index (χ0) is 20.5. The van der Waals surface area contributed by atoms with Crippen molar-refractivity contribution >= 4 is 43.6 Å². The molecule has 0 N–H and O–H groups in total. The first-order chi connectivity index (χ1) is 14.5. The lowest BCUT2D eigenvalue weighted by molar-refractivity contribution is 0.423. The number of aromatic nitrogens is 2. The first-order valence-electron chi connectivity index (χ1n) is 10.6. The Bertz CT molecular complexity index is 1520. The van der Waals surface area contributed by atoms with Crippen LogP contribution in [0.5, 0.6) is 0 Å². The van der Waals surface area contributed by atoms with Crippen molar-refractivity contribution in [3.63, 3.8) is 0 Å². The van der Waals surface area contributed by atoms with Crippen LogP contribution in [0, 0.1) is 0 Å². The molecule has 6 rings (SSSR count). The summed E-state index contributed by atoms with van der Waals surface area (Å²) >= 11 is 0. The molecule has 30 heavy (non-hydrogen) atoms. The molecule has 0 fully saturated rings. The molecule has 0 aliphatic heterocycles. The standard InChI is InChI=1S/C28H24N2/c1-28(2,3)30-26-15-9-6-12-22(26)23-17-16-19(18-27(23)30)29-24-13-7-4-10-20(24)21-11-5-8-14-25(21)29/h4-18H,1-3H3. The van der Waals surface area contributed by atoms with E-state index < -0.39 is 0 Å². The molecule has 0 radical (unpaired) electrons. The van der Waals surface area contributed by atoms with E-state index in [2.05, 4.69) is 121 Å². The lowest BCUT2D eigenvalue weighted by Gasteiger charge is -2.24. The Hall–Kier alpha value is -3.52. The number of rotatable bonds is 1. The number of para-hydroxylation sites is 3. The summed E-state index contributed by atoms with van der Waals surface area (Å²) in [6, 6.07) is 33.0. The van der Waals surface area contributed by atoms with Crippen LogP contribution in [0.15, 0.2) is 91.0 Å². The number of hydrogen-bond acceptors (Lipinski definition) is 0. The van der Waals surface area contributed by atoms with Gasteiger partial charge in [-0.15, -0.1) is 0 Å². The van der Waals surface area contributed by atoms with Crippen LogP contribution in [-0.4, -0.2) is 9.13 Å². The second kappa shape index (κ2) is 5.99. The van der Waals surface area contributed by atoms with E-state index in [1.165, 1.54) is 49.3 Å². The molecule has 0 spiro atoms. The van der Waals surface area contributed by atoms with Crippen molar-refractivity contribution in [1.82, 2.24) is 9.13 Å². The lowest BCUT2D eigenvalue weighted by atomic mass is 10.1. The fraction of sp³-hybridized carbons (Fsp3) is 0.143. The van der Waals surface area contributed by atoms with Crippen LogP contribution in [-0.2, 0) is 5.54 Å². The average Bonchev–Trinajstić information content (AvgIpc) is 3.26. The highest BCUT2D eigenvalue weighted by molar-refractivity contribution is 6.11. The number of benzene rings is 4. The van der Waals surface area contributed by atoms with E-state index in [4.69, 9.17) is 0 Å². The van der Waals surface area contributed by atoms with Gasteiger partial charge in [-0.3, -0.25) is 0 Å². The first-order valence-corrected chi connectivity index (χ1v) is 10.6. The maximum absolute atomic E-state index is 2.48. The van der Waals surface area contributed by atoms with Crippen molar-refractivity contribution in [1.29, 1.82) is 0 Å². The van der Waals surface area contributed by atoms with Gasteiger partial charge >= 0.3 is 0 Å². The van der Waals surface area contributed by atoms with Gasteiger partial charge in [-0.25, -0.2) is 0 Å². The third-order valence-electron chi connectivity index (χ3n) is 6.17. The Labute approximate surface area is 176 Å². The van der Waals surface area contributed by atoms with Gasteiger partial charge in [0.2, 0.25) is 0 Å². The van der Waals surface area contributed by atoms with Gasteiger partial charge in [-0.1, -0.05) is 60.7 Å². The highest BCUT2D eigenvalue weighted by Gasteiger charge is 2.21. The lowest BCUT2D eigenvalue weighted by Crippen LogP contribution is -2.21. The molecule has 0 amide bonds. The summed E-state index contributed by atoms with van der Waals surface area (Å²) in [6.07, 6.45) is 0.